The molecule has 0 atom stereocenters. The summed E-state index contributed by atoms with van der Waals surface area (Å²) in [6, 6.07) is 1.53. The Hall–Kier alpha value is -0.880. The molecule has 0 aliphatic rings. The lowest BCUT2D eigenvalue weighted by molar-refractivity contribution is 0.602. The summed E-state index contributed by atoms with van der Waals surface area (Å²) in [5, 5.41) is 3.15. The summed E-state index contributed by atoms with van der Waals surface area (Å²) in [5.41, 5.74) is 0. The first-order valence-electron chi connectivity index (χ1n) is 3.86. The molecule has 0 aliphatic carbocycles. The molecule has 1 aromatic heterocycles. The Morgan fingerprint density at radius 2 is 2.21 bits per heavy atom. The Labute approximate surface area is 87.4 Å². The van der Waals surface area contributed by atoms with Crippen LogP contribution in [0.5, 0.6) is 0 Å². The van der Waals surface area contributed by atoms with Gasteiger partial charge in [-0.05, 0) is 0 Å². The van der Waals surface area contributed by atoms with Gasteiger partial charge in [-0.25, -0.2) is 18.4 Å². The average molecular weight is 236 g/mol. The highest BCUT2D eigenvalue weighted by Gasteiger charge is 2.01. The van der Waals surface area contributed by atoms with Crippen molar-refractivity contribution in [2.24, 2.45) is 0 Å². The van der Waals surface area contributed by atoms with Crippen LogP contribution in [0.4, 0.5) is 5.82 Å². The number of halogens is 1. The van der Waals surface area contributed by atoms with Crippen molar-refractivity contribution < 1.29 is 8.42 Å². The van der Waals surface area contributed by atoms with Gasteiger partial charge in [0.2, 0.25) is 0 Å². The zero-order chi connectivity index (χ0) is 10.6. The maximum atomic E-state index is 10.8. The second kappa shape index (κ2) is 4.56. The second-order valence-corrected chi connectivity index (χ2v) is 5.43. The molecular weight excluding hydrogens is 226 g/mol. The minimum Gasteiger partial charge on any atom is -0.369 e. The van der Waals surface area contributed by atoms with E-state index in [1.54, 1.807) is 0 Å². The molecule has 0 spiro atoms. The molecule has 1 heterocycles. The standard InChI is InChI=1S/C7H10ClN3O2S/c1-14(12,13)3-2-9-7-4-6(8)10-5-11-7/h4-5H,2-3H2,1H3,(H,9,10,11). The SMILES string of the molecule is CS(=O)(=O)CCNc1cc(Cl)ncn1. The average Bonchev–Trinajstić information content (AvgIpc) is 2.01. The van der Waals surface area contributed by atoms with E-state index in [-0.39, 0.29) is 5.75 Å². The zero-order valence-corrected chi connectivity index (χ0v) is 9.14. The summed E-state index contributed by atoms with van der Waals surface area (Å²) < 4.78 is 21.6. The maximum absolute atomic E-state index is 10.8. The van der Waals surface area contributed by atoms with E-state index >= 15 is 0 Å². The van der Waals surface area contributed by atoms with E-state index in [2.05, 4.69) is 15.3 Å². The molecule has 1 rings (SSSR count). The molecule has 0 amide bonds. The molecule has 1 aromatic rings. The lowest BCUT2D eigenvalue weighted by Crippen LogP contribution is -2.14. The molecule has 0 radical (unpaired) electrons. The third-order valence-corrected chi connectivity index (χ3v) is 2.57. The van der Waals surface area contributed by atoms with Crippen molar-refractivity contribution in [1.82, 2.24) is 9.97 Å². The van der Waals surface area contributed by atoms with Crippen molar-refractivity contribution in [2.45, 2.75) is 0 Å². The third kappa shape index (κ3) is 4.38. The highest BCUT2D eigenvalue weighted by molar-refractivity contribution is 7.90. The van der Waals surface area contributed by atoms with Crippen molar-refractivity contribution in [3.05, 3.63) is 17.5 Å². The maximum Gasteiger partial charge on any atom is 0.149 e. The number of anilines is 1. The quantitative estimate of drug-likeness (QED) is 0.774. The van der Waals surface area contributed by atoms with E-state index in [1.807, 2.05) is 0 Å². The van der Waals surface area contributed by atoms with E-state index in [0.29, 0.717) is 17.5 Å². The molecular formula is C7H10ClN3O2S. The number of hydrogen-bond acceptors (Lipinski definition) is 5. The predicted molar refractivity (Wildman–Crippen MR) is 55.2 cm³/mol. The smallest absolute Gasteiger partial charge is 0.149 e. The van der Waals surface area contributed by atoms with E-state index in [0.717, 1.165) is 0 Å². The first-order valence-corrected chi connectivity index (χ1v) is 6.30. The molecule has 1 N–H and O–H groups in total. The Balaban J connectivity index is 2.47. The summed E-state index contributed by atoms with van der Waals surface area (Å²) in [5.74, 6) is 0.586. The molecule has 0 fully saturated rings. The number of rotatable bonds is 4. The molecule has 0 saturated heterocycles. The normalized spacial score (nSPS) is 11.3. The number of nitrogens with one attached hydrogen (secondary N) is 1. The van der Waals surface area contributed by atoms with Gasteiger partial charge in [-0.15, -0.1) is 0 Å². The zero-order valence-electron chi connectivity index (χ0n) is 7.57. The minimum atomic E-state index is -2.94. The van der Waals surface area contributed by atoms with E-state index in [1.165, 1.54) is 18.6 Å². The highest BCUT2D eigenvalue weighted by atomic mass is 35.5. The van der Waals surface area contributed by atoms with Crippen LogP contribution in [0.15, 0.2) is 12.4 Å². The molecule has 0 bridgehead atoms. The number of aromatic nitrogens is 2. The van der Waals surface area contributed by atoms with Crippen molar-refractivity contribution in [1.29, 1.82) is 0 Å². The molecule has 0 aliphatic heterocycles. The lowest BCUT2D eigenvalue weighted by atomic mass is 10.5. The Morgan fingerprint density at radius 1 is 1.50 bits per heavy atom. The summed E-state index contributed by atoms with van der Waals surface area (Å²) in [4.78, 5) is 7.55. The predicted octanol–water partition coefficient (Wildman–Crippen LogP) is 0.586. The van der Waals surface area contributed by atoms with Gasteiger partial charge >= 0.3 is 0 Å². The van der Waals surface area contributed by atoms with Crippen LogP contribution in [-0.4, -0.2) is 36.9 Å². The summed E-state index contributed by atoms with van der Waals surface area (Å²) in [7, 11) is -2.94. The fraction of sp³-hybridized carbons (Fsp3) is 0.429. The van der Waals surface area contributed by atoms with Gasteiger partial charge in [-0.3, -0.25) is 0 Å². The van der Waals surface area contributed by atoms with Crippen LogP contribution in [0.3, 0.4) is 0 Å². The summed E-state index contributed by atoms with van der Waals surface area (Å²) in [6.45, 7) is 0.312. The fourth-order valence-electron chi connectivity index (χ4n) is 0.795. The van der Waals surface area contributed by atoms with Crippen LogP contribution in [-0.2, 0) is 9.84 Å². The second-order valence-electron chi connectivity index (χ2n) is 2.78. The summed E-state index contributed by atoms with van der Waals surface area (Å²) >= 11 is 5.60. The van der Waals surface area contributed by atoms with Gasteiger partial charge in [0, 0.05) is 18.9 Å². The van der Waals surface area contributed by atoms with Crippen molar-refractivity contribution in [3.63, 3.8) is 0 Å². The molecule has 78 valence electrons. The third-order valence-electron chi connectivity index (χ3n) is 1.41. The van der Waals surface area contributed by atoms with E-state index in [9.17, 15) is 8.42 Å². The van der Waals surface area contributed by atoms with Gasteiger partial charge < -0.3 is 5.32 Å². The van der Waals surface area contributed by atoms with Crippen LogP contribution in [0.2, 0.25) is 5.15 Å². The van der Waals surface area contributed by atoms with Gasteiger partial charge in [-0.2, -0.15) is 0 Å². The van der Waals surface area contributed by atoms with E-state index in [4.69, 9.17) is 11.6 Å². The Bertz CT molecular complexity index is 407. The van der Waals surface area contributed by atoms with Gasteiger partial charge in [0.1, 0.15) is 27.1 Å². The van der Waals surface area contributed by atoms with Gasteiger partial charge in [0.05, 0.1) is 5.75 Å². The Kier molecular flexibility index (Phi) is 3.65. The van der Waals surface area contributed by atoms with Crippen LogP contribution in [0, 0.1) is 0 Å². The number of hydrogen-bond donors (Lipinski definition) is 1. The molecule has 14 heavy (non-hydrogen) atoms. The van der Waals surface area contributed by atoms with Gasteiger partial charge in [-0.1, -0.05) is 11.6 Å². The molecule has 0 saturated carbocycles. The molecule has 7 heteroatoms. The monoisotopic (exact) mass is 235 g/mol. The molecule has 5 nitrogen and oxygen atoms in total. The highest BCUT2D eigenvalue weighted by Crippen LogP contribution is 2.07. The molecule has 0 aromatic carbocycles. The summed E-state index contributed by atoms with van der Waals surface area (Å²) in [6.07, 6.45) is 2.49. The number of sulfone groups is 1. The van der Waals surface area contributed by atoms with Gasteiger partial charge in [0.25, 0.3) is 0 Å². The topological polar surface area (TPSA) is 72.0 Å². The van der Waals surface area contributed by atoms with Crippen LogP contribution >= 0.6 is 11.6 Å². The molecule has 0 unspecified atom stereocenters. The first-order chi connectivity index (χ1) is 6.47. The first kappa shape index (κ1) is 11.2. The fourth-order valence-corrected chi connectivity index (χ4v) is 1.41. The minimum absolute atomic E-state index is 0.0641. The Morgan fingerprint density at radius 3 is 2.79 bits per heavy atom. The van der Waals surface area contributed by atoms with Crippen LogP contribution in [0.25, 0.3) is 0 Å². The van der Waals surface area contributed by atoms with Crippen LogP contribution in [0.1, 0.15) is 0 Å². The van der Waals surface area contributed by atoms with E-state index < -0.39 is 9.84 Å². The van der Waals surface area contributed by atoms with Gasteiger partial charge in [0.15, 0.2) is 0 Å². The van der Waals surface area contributed by atoms with Crippen molar-refractivity contribution in [3.8, 4) is 0 Å². The number of nitrogens with zero attached hydrogens (tertiary/aromatic N) is 2. The van der Waals surface area contributed by atoms with Crippen LogP contribution < -0.4 is 5.32 Å². The largest absolute Gasteiger partial charge is 0.369 e. The van der Waals surface area contributed by atoms with Crippen molar-refractivity contribution in [2.75, 3.05) is 23.9 Å². The van der Waals surface area contributed by atoms with Crippen molar-refractivity contribution >= 4 is 27.3 Å². The lowest BCUT2D eigenvalue weighted by Gasteiger charge is -2.03.